The van der Waals surface area contributed by atoms with Crippen molar-refractivity contribution in [2.75, 3.05) is 23.7 Å². The number of nitrogens with zero attached hydrogens (tertiary/aromatic N) is 2. The van der Waals surface area contributed by atoms with Crippen LogP contribution < -0.4 is 15.8 Å². The number of hydrogen-bond donors (Lipinski definition) is 2. The average molecular weight is 385 g/mol. The smallest absolute Gasteiger partial charge is 0.252 e. The summed E-state index contributed by atoms with van der Waals surface area (Å²) in [7, 11) is 0. The molecule has 0 atom stereocenters. The van der Waals surface area contributed by atoms with Crippen LogP contribution in [0.15, 0.2) is 46.1 Å². The fraction of sp³-hybridized carbons (Fsp3) is 0.450. The minimum Gasteiger partial charge on any atom is -0.353 e. The lowest BCUT2D eigenvalue weighted by Crippen LogP contribution is -2.44. The van der Waals surface area contributed by atoms with E-state index in [0.29, 0.717) is 11.7 Å². The Balaban J connectivity index is 1.28. The van der Waals surface area contributed by atoms with E-state index in [1.54, 1.807) is 17.8 Å². The molecule has 1 aromatic heterocycles. The molecule has 0 spiro atoms. The molecule has 0 bridgehead atoms. The number of amides is 1. The van der Waals surface area contributed by atoms with Crippen molar-refractivity contribution in [1.82, 2.24) is 15.3 Å². The number of carbonyl (C=O) groups is 1. The van der Waals surface area contributed by atoms with Crippen molar-refractivity contribution in [3.05, 3.63) is 52.4 Å². The van der Waals surface area contributed by atoms with Crippen LogP contribution in [0, 0.1) is 0 Å². The zero-order chi connectivity index (χ0) is 18.6. The lowest BCUT2D eigenvalue weighted by atomic mass is 9.78. The summed E-state index contributed by atoms with van der Waals surface area (Å²) in [5, 5.41) is 3.09. The van der Waals surface area contributed by atoms with E-state index >= 15 is 0 Å². The summed E-state index contributed by atoms with van der Waals surface area (Å²) in [6.45, 7) is 1.91. The van der Waals surface area contributed by atoms with E-state index in [1.807, 2.05) is 30.3 Å². The number of anilines is 1. The number of benzene rings is 1. The number of hydrogen-bond acceptors (Lipinski definition) is 5. The highest BCUT2D eigenvalue weighted by Crippen LogP contribution is 2.36. The van der Waals surface area contributed by atoms with Gasteiger partial charge in [0, 0.05) is 36.0 Å². The standard InChI is InChI=1S/C20H24N4O2S/c25-18-12-17(22-20(23-18)24-8-4-5-9-24)14-10-15(11-14)21-19(26)13-27-16-6-2-1-3-7-16/h1-3,6-7,12,14-15H,4-5,8-11,13H2,(H,21,26)(H,22,23,25). The fourth-order valence-electron chi connectivity index (χ4n) is 3.66. The molecule has 1 aromatic carbocycles. The molecule has 0 radical (unpaired) electrons. The van der Waals surface area contributed by atoms with Crippen molar-refractivity contribution in [1.29, 1.82) is 0 Å². The van der Waals surface area contributed by atoms with Gasteiger partial charge in [0.15, 0.2) is 0 Å². The van der Waals surface area contributed by atoms with E-state index in [4.69, 9.17) is 0 Å². The minimum atomic E-state index is -0.0892. The molecule has 4 rings (SSSR count). The van der Waals surface area contributed by atoms with Gasteiger partial charge in [0.2, 0.25) is 11.9 Å². The Morgan fingerprint density at radius 1 is 1.22 bits per heavy atom. The second kappa shape index (κ2) is 8.17. The SMILES string of the molecule is O=C(CSc1ccccc1)NC1CC(c2cc(=O)[nH]c(N3CCCC3)n2)C1. The Morgan fingerprint density at radius 3 is 2.70 bits per heavy atom. The van der Waals surface area contributed by atoms with E-state index in [-0.39, 0.29) is 23.4 Å². The third-order valence-corrected chi connectivity index (χ3v) is 6.20. The summed E-state index contributed by atoms with van der Waals surface area (Å²) in [5.41, 5.74) is 0.762. The van der Waals surface area contributed by atoms with E-state index in [2.05, 4.69) is 20.2 Å². The first kappa shape index (κ1) is 18.1. The monoisotopic (exact) mass is 384 g/mol. The van der Waals surface area contributed by atoms with Gasteiger partial charge < -0.3 is 10.2 Å². The number of H-pyrrole nitrogens is 1. The lowest BCUT2D eigenvalue weighted by Gasteiger charge is -2.35. The summed E-state index contributed by atoms with van der Waals surface area (Å²) < 4.78 is 0. The maximum Gasteiger partial charge on any atom is 0.252 e. The highest BCUT2D eigenvalue weighted by atomic mass is 32.2. The molecule has 1 aliphatic carbocycles. The number of aromatic nitrogens is 2. The molecular formula is C20H24N4O2S. The van der Waals surface area contributed by atoms with Crippen molar-refractivity contribution >= 4 is 23.6 Å². The Morgan fingerprint density at radius 2 is 1.96 bits per heavy atom. The number of nitrogens with one attached hydrogen (secondary N) is 2. The molecule has 6 nitrogen and oxygen atoms in total. The Hall–Kier alpha value is -2.28. The summed E-state index contributed by atoms with van der Waals surface area (Å²) in [6, 6.07) is 11.7. The Bertz CT molecular complexity index is 843. The molecule has 27 heavy (non-hydrogen) atoms. The Kier molecular flexibility index (Phi) is 5.48. The van der Waals surface area contributed by atoms with E-state index in [0.717, 1.165) is 49.4 Å². The predicted octanol–water partition coefficient (Wildman–Crippen LogP) is 2.52. The first-order valence-corrected chi connectivity index (χ1v) is 10.5. The van der Waals surface area contributed by atoms with Gasteiger partial charge in [-0.1, -0.05) is 18.2 Å². The molecule has 2 heterocycles. The first-order valence-electron chi connectivity index (χ1n) is 9.51. The molecule has 0 unspecified atom stereocenters. The van der Waals surface area contributed by atoms with Crippen LogP contribution in [-0.2, 0) is 4.79 Å². The number of thioether (sulfide) groups is 1. The quantitative estimate of drug-likeness (QED) is 0.749. The van der Waals surface area contributed by atoms with Crippen molar-refractivity contribution < 1.29 is 4.79 Å². The molecule has 142 valence electrons. The molecule has 7 heteroatoms. The van der Waals surface area contributed by atoms with Gasteiger partial charge in [-0.05, 0) is 37.8 Å². The second-order valence-electron chi connectivity index (χ2n) is 7.22. The number of rotatable bonds is 6. The van der Waals surface area contributed by atoms with Gasteiger partial charge in [-0.3, -0.25) is 14.6 Å². The van der Waals surface area contributed by atoms with Gasteiger partial charge >= 0.3 is 0 Å². The third kappa shape index (κ3) is 4.53. The van der Waals surface area contributed by atoms with Crippen LogP contribution in [-0.4, -0.2) is 40.8 Å². The molecule has 2 aromatic rings. The normalized spacial score (nSPS) is 21.7. The molecular weight excluding hydrogens is 360 g/mol. The topological polar surface area (TPSA) is 78.1 Å². The number of carbonyl (C=O) groups excluding carboxylic acids is 1. The summed E-state index contributed by atoms with van der Waals surface area (Å²) >= 11 is 1.54. The molecule has 1 saturated carbocycles. The van der Waals surface area contributed by atoms with Gasteiger partial charge in [0.05, 0.1) is 11.4 Å². The first-order chi connectivity index (χ1) is 13.2. The largest absolute Gasteiger partial charge is 0.353 e. The molecule has 1 aliphatic heterocycles. The van der Waals surface area contributed by atoms with Gasteiger partial charge in [0.1, 0.15) is 0 Å². The van der Waals surface area contributed by atoms with Gasteiger partial charge in [-0.15, -0.1) is 11.8 Å². The summed E-state index contributed by atoms with van der Waals surface area (Å²) in [6.07, 6.45) is 3.98. The number of aromatic amines is 1. The maximum atomic E-state index is 12.1. The predicted molar refractivity (Wildman–Crippen MR) is 107 cm³/mol. The van der Waals surface area contributed by atoms with E-state index < -0.39 is 0 Å². The van der Waals surface area contributed by atoms with Crippen LogP contribution in [0.25, 0.3) is 0 Å². The zero-order valence-corrected chi connectivity index (χ0v) is 16.0. The van der Waals surface area contributed by atoms with Crippen molar-refractivity contribution in [3.63, 3.8) is 0 Å². The summed E-state index contributed by atoms with van der Waals surface area (Å²) in [5.74, 6) is 1.43. The van der Waals surface area contributed by atoms with Crippen molar-refractivity contribution in [3.8, 4) is 0 Å². The lowest BCUT2D eigenvalue weighted by molar-refractivity contribution is -0.119. The van der Waals surface area contributed by atoms with Crippen LogP contribution in [0.3, 0.4) is 0 Å². The van der Waals surface area contributed by atoms with Crippen LogP contribution in [0.2, 0.25) is 0 Å². The summed E-state index contributed by atoms with van der Waals surface area (Å²) in [4.78, 5) is 34.9. The second-order valence-corrected chi connectivity index (χ2v) is 8.27. The third-order valence-electron chi connectivity index (χ3n) is 5.19. The zero-order valence-electron chi connectivity index (χ0n) is 15.2. The molecule has 2 fully saturated rings. The van der Waals surface area contributed by atoms with Crippen LogP contribution in [0.1, 0.15) is 37.3 Å². The molecule has 2 aliphatic rings. The maximum absolute atomic E-state index is 12.1. The van der Waals surface area contributed by atoms with E-state index in [1.165, 1.54) is 0 Å². The van der Waals surface area contributed by atoms with Gasteiger partial charge in [-0.25, -0.2) is 4.98 Å². The van der Waals surface area contributed by atoms with Crippen LogP contribution in [0.5, 0.6) is 0 Å². The molecule has 1 saturated heterocycles. The fourth-order valence-corrected chi connectivity index (χ4v) is 4.39. The van der Waals surface area contributed by atoms with Gasteiger partial charge in [-0.2, -0.15) is 0 Å². The average Bonchev–Trinajstić information content (AvgIpc) is 3.18. The van der Waals surface area contributed by atoms with E-state index in [9.17, 15) is 9.59 Å². The van der Waals surface area contributed by atoms with Crippen molar-refractivity contribution in [2.24, 2.45) is 0 Å². The van der Waals surface area contributed by atoms with Crippen LogP contribution in [0.4, 0.5) is 5.95 Å². The highest BCUT2D eigenvalue weighted by Gasteiger charge is 2.33. The minimum absolute atomic E-state index is 0.0592. The Labute approximate surface area is 162 Å². The van der Waals surface area contributed by atoms with Crippen LogP contribution >= 0.6 is 11.8 Å². The molecule has 2 N–H and O–H groups in total. The molecule has 1 amide bonds. The highest BCUT2D eigenvalue weighted by molar-refractivity contribution is 8.00. The van der Waals surface area contributed by atoms with Gasteiger partial charge in [0.25, 0.3) is 5.56 Å². The van der Waals surface area contributed by atoms with Crippen molar-refractivity contribution in [2.45, 2.75) is 42.5 Å².